The summed E-state index contributed by atoms with van der Waals surface area (Å²) in [5.41, 5.74) is 0. The smallest absolute Gasteiger partial charge is 0.186 e. The van der Waals surface area contributed by atoms with Crippen LogP contribution in [0.5, 0.6) is 0 Å². The van der Waals surface area contributed by atoms with Crippen LogP contribution in [0.4, 0.5) is 4.39 Å². The molecule has 5 nitrogen and oxygen atoms in total. The van der Waals surface area contributed by atoms with E-state index in [2.05, 4.69) is 0 Å². The SMILES string of the molecule is COCC1OC(OC)C(OC)C(OC)C1F. The highest BCUT2D eigenvalue weighted by molar-refractivity contribution is 4.91. The lowest BCUT2D eigenvalue weighted by molar-refractivity contribution is -0.293. The van der Waals surface area contributed by atoms with E-state index < -0.39 is 30.8 Å². The molecule has 1 aliphatic heterocycles. The molecule has 0 aliphatic carbocycles. The minimum Gasteiger partial charge on any atom is -0.382 e. The van der Waals surface area contributed by atoms with E-state index in [-0.39, 0.29) is 6.61 Å². The van der Waals surface area contributed by atoms with Gasteiger partial charge in [0.1, 0.15) is 18.3 Å². The Balaban J connectivity index is 2.76. The zero-order chi connectivity index (χ0) is 12.1. The molecule has 1 heterocycles. The van der Waals surface area contributed by atoms with E-state index in [0.717, 1.165) is 0 Å². The van der Waals surface area contributed by atoms with Crippen molar-refractivity contribution in [3.05, 3.63) is 0 Å². The summed E-state index contributed by atoms with van der Waals surface area (Å²) in [5, 5.41) is 0. The van der Waals surface area contributed by atoms with E-state index in [1.54, 1.807) is 0 Å². The third kappa shape index (κ3) is 2.70. The highest BCUT2D eigenvalue weighted by Crippen LogP contribution is 2.27. The fraction of sp³-hybridized carbons (Fsp3) is 1.00. The second-order valence-electron chi connectivity index (χ2n) is 3.58. The molecule has 0 radical (unpaired) electrons. The number of ether oxygens (including phenoxy) is 5. The largest absolute Gasteiger partial charge is 0.382 e. The molecular weight excluding hydrogens is 219 g/mol. The zero-order valence-corrected chi connectivity index (χ0v) is 10.0. The van der Waals surface area contributed by atoms with Gasteiger partial charge >= 0.3 is 0 Å². The second-order valence-corrected chi connectivity index (χ2v) is 3.58. The summed E-state index contributed by atoms with van der Waals surface area (Å²) in [6, 6.07) is 0. The van der Waals surface area contributed by atoms with Crippen molar-refractivity contribution in [1.29, 1.82) is 0 Å². The zero-order valence-electron chi connectivity index (χ0n) is 10.0. The van der Waals surface area contributed by atoms with E-state index >= 15 is 0 Å². The molecule has 0 bridgehead atoms. The lowest BCUT2D eigenvalue weighted by Gasteiger charge is -2.41. The molecule has 1 aliphatic rings. The topological polar surface area (TPSA) is 46.2 Å². The number of rotatable bonds is 5. The van der Waals surface area contributed by atoms with Gasteiger partial charge in [0.05, 0.1) is 6.61 Å². The van der Waals surface area contributed by atoms with Crippen molar-refractivity contribution in [3.8, 4) is 0 Å². The summed E-state index contributed by atoms with van der Waals surface area (Å²) in [5.74, 6) is 0. The molecule has 0 saturated carbocycles. The van der Waals surface area contributed by atoms with Gasteiger partial charge in [-0.1, -0.05) is 0 Å². The van der Waals surface area contributed by atoms with Crippen LogP contribution in [0, 0.1) is 0 Å². The highest BCUT2D eigenvalue weighted by atomic mass is 19.1. The molecule has 1 saturated heterocycles. The Morgan fingerprint density at radius 1 is 1.00 bits per heavy atom. The van der Waals surface area contributed by atoms with Gasteiger partial charge in [0.2, 0.25) is 0 Å². The summed E-state index contributed by atoms with van der Waals surface area (Å²) in [6.45, 7) is 0.150. The van der Waals surface area contributed by atoms with Gasteiger partial charge in [-0.2, -0.15) is 0 Å². The van der Waals surface area contributed by atoms with Gasteiger partial charge in [-0.15, -0.1) is 0 Å². The van der Waals surface area contributed by atoms with Gasteiger partial charge in [-0.3, -0.25) is 0 Å². The fourth-order valence-corrected chi connectivity index (χ4v) is 1.87. The lowest BCUT2D eigenvalue weighted by atomic mass is 10.00. The number of hydrogen-bond donors (Lipinski definition) is 0. The quantitative estimate of drug-likeness (QED) is 0.692. The summed E-state index contributed by atoms with van der Waals surface area (Å²) in [6.07, 6.45) is -3.96. The van der Waals surface area contributed by atoms with Crippen molar-refractivity contribution in [2.45, 2.75) is 30.8 Å². The van der Waals surface area contributed by atoms with Crippen LogP contribution in [0.15, 0.2) is 0 Å². The van der Waals surface area contributed by atoms with Gasteiger partial charge in [0.25, 0.3) is 0 Å². The molecule has 0 aromatic heterocycles. The predicted molar refractivity (Wildman–Crippen MR) is 54.0 cm³/mol. The second kappa shape index (κ2) is 6.46. The Kier molecular flexibility index (Phi) is 5.57. The predicted octanol–water partition coefficient (Wildman–Crippen LogP) is 0.372. The van der Waals surface area contributed by atoms with Gasteiger partial charge in [-0.05, 0) is 0 Å². The number of alkyl halides is 1. The Morgan fingerprint density at radius 2 is 1.62 bits per heavy atom. The molecule has 1 fully saturated rings. The Labute approximate surface area is 94.8 Å². The molecule has 5 unspecified atom stereocenters. The maximum absolute atomic E-state index is 14.0. The van der Waals surface area contributed by atoms with Crippen LogP contribution in [0.2, 0.25) is 0 Å². The van der Waals surface area contributed by atoms with Crippen LogP contribution in [0.1, 0.15) is 0 Å². The van der Waals surface area contributed by atoms with E-state index in [1.165, 1.54) is 28.4 Å². The first-order chi connectivity index (χ1) is 7.69. The normalized spacial score (nSPS) is 39.9. The fourth-order valence-electron chi connectivity index (χ4n) is 1.87. The van der Waals surface area contributed by atoms with Gasteiger partial charge in [0.15, 0.2) is 12.5 Å². The van der Waals surface area contributed by atoms with Gasteiger partial charge in [-0.25, -0.2) is 4.39 Å². The molecule has 0 spiro atoms. The Hall–Kier alpha value is -0.270. The maximum atomic E-state index is 14.0. The summed E-state index contributed by atoms with van der Waals surface area (Å²) in [4.78, 5) is 0. The molecule has 96 valence electrons. The van der Waals surface area contributed by atoms with Crippen molar-refractivity contribution < 1.29 is 28.1 Å². The minimum absolute atomic E-state index is 0.150. The van der Waals surface area contributed by atoms with Crippen molar-refractivity contribution in [2.75, 3.05) is 35.0 Å². The third-order valence-electron chi connectivity index (χ3n) is 2.68. The van der Waals surface area contributed by atoms with E-state index in [0.29, 0.717) is 0 Å². The lowest BCUT2D eigenvalue weighted by Crippen LogP contribution is -2.58. The third-order valence-corrected chi connectivity index (χ3v) is 2.68. The monoisotopic (exact) mass is 238 g/mol. The van der Waals surface area contributed by atoms with Crippen molar-refractivity contribution in [3.63, 3.8) is 0 Å². The van der Waals surface area contributed by atoms with Crippen molar-refractivity contribution in [1.82, 2.24) is 0 Å². The van der Waals surface area contributed by atoms with Crippen LogP contribution in [0.3, 0.4) is 0 Å². The summed E-state index contributed by atoms with van der Waals surface area (Å²) in [7, 11) is 5.87. The van der Waals surface area contributed by atoms with Gasteiger partial charge in [0, 0.05) is 28.4 Å². The number of hydrogen-bond acceptors (Lipinski definition) is 5. The first-order valence-electron chi connectivity index (χ1n) is 5.06. The standard InChI is InChI=1S/C10H19FO5/c1-12-5-6-7(11)8(13-2)9(14-3)10(15-4)16-6/h6-10H,5H2,1-4H3. The highest BCUT2D eigenvalue weighted by Gasteiger charge is 2.47. The van der Waals surface area contributed by atoms with Crippen LogP contribution in [-0.2, 0) is 23.7 Å². The summed E-state index contributed by atoms with van der Waals surface area (Å²) >= 11 is 0. The molecule has 0 amide bonds. The molecule has 0 aromatic rings. The molecular formula is C10H19FO5. The van der Waals surface area contributed by atoms with E-state index in [4.69, 9.17) is 23.7 Å². The molecule has 16 heavy (non-hydrogen) atoms. The summed E-state index contributed by atoms with van der Waals surface area (Å²) < 4.78 is 39.6. The average molecular weight is 238 g/mol. The Morgan fingerprint density at radius 3 is 2.06 bits per heavy atom. The van der Waals surface area contributed by atoms with Crippen LogP contribution < -0.4 is 0 Å². The molecule has 6 heteroatoms. The number of methoxy groups -OCH3 is 4. The first-order valence-corrected chi connectivity index (χ1v) is 5.06. The van der Waals surface area contributed by atoms with E-state index in [9.17, 15) is 4.39 Å². The molecule has 5 atom stereocenters. The van der Waals surface area contributed by atoms with Crippen molar-refractivity contribution in [2.24, 2.45) is 0 Å². The van der Waals surface area contributed by atoms with Gasteiger partial charge < -0.3 is 23.7 Å². The maximum Gasteiger partial charge on any atom is 0.186 e. The van der Waals surface area contributed by atoms with E-state index in [1.807, 2.05) is 0 Å². The number of halogens is 1. The molecule has 1 rings (SSSR count). The minimum atomic E-state index is -1.30. The van der Waals surface area contributed by atoms with Crippen LogP contribution in [-0.4, -0.2) is 65.8 Å². The molecule has 0 aromatic carbocycles. The van der Waals surface area contributed by atoms with Crippen LogP contribution in [0.25, 0.3) is 0 Å². The first kappa shape index (κ1) is 13.8. The van der Waals surface area contributed by atoms with Crippen LogP contribution >= 0.6 is 0 Å². The average Bonchev–Trinajstić information content (AvgIpc) is 2.31. The Bertz CT molecular complexity index is 204. The van der Waals surface area contributed by atoms with Crippen molar-refractivity contribution >= 4 is 0 Å². The molecule has 0 N–H and O–H groups in total.